The second kappa shape index (κ2) is 3.74. The topological polar surface area (TPSA) is 53.2 Å². The molecule has 1 aromatic carbocycles. The van der Waals surface area contributed by atoms with Gasteiger partial charge < -0.3 is 9.84 Å². The second-order valence-electron chi connectivity index (χ2n) is 2.34. The van der Waals surface area contributed by atoms with Gasteiger partial charge in [0, 0.05) is 7.11 Å². The molecule has 0 spiro atoms. The maximum atomic E-state index is 8.96. The fraction of sp³-hybridized carbons (Fsp3) is 0.222. The van der Waals surface area contributed by atoms with Crippen LogP contribution in [0.25, 0.3) is 0 Å². The lowest BCUT2D eigenvalue weighted by molar-refractivity contribution is 0.148. The van der Waals surface area contributed by atoms with E-state index in [-0.39, 0.29) is 5.75 Å². The van der Waals surface area contributed by atoms with E-state index < -0.39 is 6.10 Å². The zero-order valence-electron chi connectivity index (χ0n) is 6.69. The quantitative estimate of drug-likeness (QED) is 0.720. The van der Waals surface area contributed by atoms with E-state index in [2.05, 4.69) is 0 Å². The molecule has 0 aliphatic heterocycles. The molecular formula is C9H9NO2. The molecule has 1 N–H and O–H groups in total. The number of benzene rings is 1. The van der Waals surface area contributed by atoms with Crippen LogP contribution in [0.5, 0.6) is 5.75 Å². The number of nitrogens with zero attached hydrogens (tertiary/aromatic N) is 1. The van der Waals surface area contributed by atoms with Crippen molar-refractivity contribution in [1.29, 1.82) is 5.26 Å². The minimum Gasteiger partial charge on any atom is -0.508 e. The molecular weight excluding hydrogens is 154 g/mol. The van der Waals surface area contributed by atoms with Crippen molar-refractivity contribution in [3.63, 3.8) is 0 Å². The number of nitriles is 1. The first-order valence-electron chi connectivity index (χ1n) is 3.49. The Labute approximate surface area is 70.8 Å². The van der Waals surface area contributed by atoms with Crippen molar-refractivity contribution in [2.24, 2.45) is 0 Å². The molecule has 1 atom stereocenters. The third kappa shape index (κ3) is 1.74. The molecule has 0 saturated heterocycles. The zero-order valence-corrected chi connectivity index (χ0v) is 6.69. The fourth-order valence-electron chi connectivity index (χ4n) is 0.912. The van der Waals surface area contributed by atoms with E-state index in [1.807, 2.05) is 6.07 Å². The average molecular weight is 163 g/mol. The monoisotopic (exact) mass is 163 g/mol. The molecule has 1 rings (SSSR count). The van der Waals surface area contributed by atoms with Crippen LogP contribution in [0.2, 0.25) is 0 Å². The minimum atomic E-state index is -0.550. The van der Waals surface area contributed by atoms with Gasteiger partial charge in [0.25, 0.3) is 0 Å². The summed E-state index contributed by atoms with van der Waals surface area (Å²) in [5.74, 6) is 0.187. The van der Waals surface area contributed by atoms with Gasteiger partial charge in [-0.1, -0.05) is 12.1 Å². The van der Waals surface area contributed by atoms with Gasteiger partial charge in [-0.25, -0.2) is 0 Å². The first-order valence-corrected chi connectivity index (χ1v) is 3.49. The lowest BCUT2D eigenvalue weighted by Crippen LogP contribution is -1.96. The van der Waals surface area contributed by atoms with E-state index in [9.17, 15) is 0 Å². The van der Waals surface area contributed by atoms with Crippen LogP contribution >= 0.6 is 0 Å². The summed E-state index contributed by atoms with van der Waals surface area (Å²) in [6, 6.07) is 8.36. The Bertz CT molecular complexity index is 286. The Morgan fingerprint density at radius 1 is 1.42 bits per heavy atom. The molecule has 0 amide bonds. The van der Waals surface area contributed by atoms with Gasteiger partial charge in [0.15, 0.2) is 6.10 Å². The number of hydrogen-bond donors (Lipinski definition) is 1. The van der Waals surface area contributed by atoms with Crippen LogP contribution in [0.3, 0.4) is 0 Å². The summed E-state index contributed by atoms with van der Waals surface area (Å²) in [6.07, 6.45) is -0.550. The van der Waals surface area contributed by atoms with Gasteiger partial charge in [-0.3, -0.25) is 0 Å². The Hall–Kier alpha value is -1.53. The van der Waals surface area contributed by atoms with Gasteiger partial charge >= 0.3 is 0 Å². The van der Waals surface area contributed by atoms with Gasteiger partial charge in [0.2, 0.25) is 0 Å². The number of methoxy groups -OCH3 is 1. The van der Waals surface area contributed by atoms with Gasteiger partial charge in [-0.2, -0.15) is 5.26 Å². The standard InChI is InChI=1S/C9H9NO2/c1-12-9(6-10)7-2-4-8(11)5-3-7/h2-5,9,11H,1H3. The first kappa shape index (κ1) is 8.57. The predicted octanol–water partition coefficient (Wildman–Crippen LogP) is 1.60. The van der Waals surface area contributed by atoms with E-state index in [4.69, 9.17) is 15.1 Å². The highest BCUT2D eigenvalue weighted by Crippen LogP contribution is 2.18. The number of phenols is 1. The summed E-state index contributed by atoms with van der Waals surface area (Å²) in [7, 11) is 1.47. The van der Waals surface area contributed by atoms with E-state index >= 15 is 0 Å². The van der Waals surface area contributed by atoms with Gasteiger partial charge in [-0.05, 0) is 17.7 Å². The Morgan fingerprint density at radius 2 is 2.00 bits per heavy atom. The molecule has 12 heavy (non-hydrogen) atoms. The molecule has 0 saturated carbocycles. The summed E-state index contributed by atoms with van der Waals surface area (Å²) in [5.41, 5.74) is 0.748. The largest absolute Gasteiger partial charge is 0.508 e. The lowest BCUT2D eigenvalue weighted by atomic mass is 10.1. The highest BCUT2D eigenvalue weighted by Gasteiger charge is 2.07. The number of aromatic hydroxyl groups is 1. The molecule has 0 aromatic heterocycles. The molecule has 3 nitrogen and oxygen atoms in total. The lowest BCUT2D eigenvalue weighted by Gasteiger charge is -2.05. The molecule has 0 heterocycles. The molecule has 0 bridgehead atoms. The maximum Gasteiger partial charge on any atom is 0.168 e. The van der Waals surface area contributed by atoms with Crippen molar-refractivity contribution in [1.82, 2.24) is 0 Å². The molecule has 3 heteroatoms. The smallest absolute Gasteiger partial charge is 0.168 e. The predicted molar refractivity (Wildman–Crippen MR) is 43.5 cm³/mol. The molecule has 0 aliphatic carbocycles. The van der Waals surface area contributed by atoms with E-state index in [1.165, 1.54) is 19.2 Å². The first-order chi connectivity index (χ1) is 5.77. The van der Waals surface area contributed by atoms with E-state index in [0.29, 0.717) is 0 Å². The third-order valence-corrected chi connectivity index (χ3v) is 1.55. The van der Waals surface area contributed by atoms with Gasteiger partial charge in [0.1, 0.15) is 5.75 Å². The molecule has 0 fully saturated rings. The van der Waals surface area contributed by atoms with Crippen molar-refractivity contribution in [2.45, 2.75) is 6.10 Å². The number of phenolic OH excluding ortho intramolecular Hbond substituents is 1. The van der Waals surface area contributed by atoms with E-state index in [0.717, 1.165) is 5.56 Å². The van der Waals surface area contributed by atoms with Crippen LogP contribution in [0.1, 0.15) is 11.7 Å². The summed E-state index contributed by atoms with van der Waals surface area (Å²) >= 11 is 0. The minimum absolute atomic E-state index is 0.187. The Balaban J connectivity index is 2.89. The number of ether oxygens (including phenoxy) is 1. The summed E-state index contributed by atoms with van der Waals surface area (Å²) in [5, 5.41) is 17.6. The van der Waals surface area contributed by atoms with Crippen LogP contribution in [0.15, 0.2) is 24.3 Å². The normalized spacial score (nSPS) is 12.0. The average Bonchev–Trinajstić information content (AvgIpc) is 2.10. The Kier molecular flexibility index (Phi) is 2.67. The maximum absolute atomic E-state index is 8.96. The van der Waals surface area contributed by atoms with Crippen LogP contribution in [0.4, 0.5) is 0 Å². The molecule has 1 aromatic rings. The van der Waals surface area contributed by atoms with Crippen molar-refractivity contribution in [2.75, 3.05) is 7.11 Å². The van der Waals surface area contributed by atoms with Crippen LogP contribution in [-0.4, -0.2) is 12.2 Å². The summed E-state index contributed by atoms with van der Waals surface area (Å²) < 4.78 is 4.88. The third-order valence-electron chi connectivity index (χ3n) is 1.55. The van der Waals surface area contributed by atoms with Crippen LogP contribution in [0, 0.1) is 11.3 Å². The summed E-state index contributed by atoms with van der Waals surface area (Å²) in [4.78, 5) is 0. The Morgan fingerprint density at radius 3 is 2.42 bits per heavy atom. The highest BCUT2D eigenvalue weighted by molar-refractivity contribution is 5.29. The summed E-state index contributed by atoms with van der Waals surface area (Å²) in [6.45, 7) is 0. The van der Waals surface area contributed by atoms with Crippen molar-refractivity contribution in [3.8, 4) is 11.8 Å². The van der Waals surface area contributed by atoms with Crippen LogP contribution < -0.4 is 0 Å². The van der Waals surface area contributed by atoms with Gasteiger partial charge in [-0.15, -0.1) is 0 Å². The molecule has 1 unspecified atom stereocenters. The number of hydrogen-bond acceptors (Lipinski definition) is 3. The highest BCUT2D eigenvalue weighted by atomic mass is 16.5. The fourth-order valence-corrected chi connectivity index (χ4v) is 0.912. The second-order valence-corrected chi connectivity index (χ2v) is 2.34. The number of rotatable bonds is 2. The zero-order chi connectivity index (χ0) is 8.97. The van der Waals surface area contributed by atoms with E-state index in [1.54, 1.807) is 12.1 Å². The van der Waals surface area contributed by atoms with Gasteiger partial charge in [0.05, 0.1) is 6.07 Å². The van der Waals surface area contributed by atoms with Crippen molar-refractivity contribution in [3.05, 3.63) is 29.8 Å². The van der Waals surface area contributed by atoms with Crippen molar-refractivity contribution < 1.29 is 9.84 Å². The molecule has 0 radical (unpaired) electrons. The van der Waals surface area contributed by atoms with Crippen molar-refractivity contribution >= 4 is 0 Å². The molecule has 0 aliphatic rings. The molecule has 62 valence electrons. The SMILES string of the molecule is COC(C#N)c1ccc(O)cc1. The van der Waals surface area contributed by atoms with Crippen LogP contribution in [-0.2, 0) is 4.74 Å².